The van der Waals surface area contributed by atoms with E-state index in [1.165, 1.54) is 24.4 Å². The first-order valence-corrected chi connectivity index (χ1v) is 7.32. The van der Waals surface area contributed by atoms with Gasteiger partial charge in [0.25, 0.3) is 0 Å². The van der Waals surface area contributed by atoms with Crippen molar-refractivity contribution in [2.24, 2.45) is 7.05 Å². The Morgan fingerprint density at radius 3 is 2.84 bits per heavy atom. The van der Waals surface area contributed by atoms with E-state index in [0.29, 0.717) is 0 Å². The van der Waals surface area contributed by atoms with E-state index in [1.807, 2.05) is 11.7 Å². The summed E-state index contributed by atoms with van der Waals surface area (Å²) < 4.78 is 7.32. The summed E-state index contributed by atoms with van der Waals surface area (Å²) in [6, 6.07) is 2.19. The molecule has 0 radical (unpaired) electrons. The van der Waals surface area contributed by atoms with Gasteiger partial charge in [0, 0.05) is 26.7 Å². The Morgan fingerprint density at radius 1 is 1.37 bits per heavy atom. The van der Waals surface area contributed by atoms with Crippen LogP contribution in [-0.2, 0) is 24.8 Å². The molecular formula is C14H26N4O. The zero-order valence-electron chi connectivity index (χ0n) is 12.2. The van der Waals surface area contributed by atoms with Crippen LogP contribution in [0.3, 0.4) is 0 Å². The molecule has 5 heteroatoms. The Morgan fingerprint density at radius 2 is 2.16 bits per heavy atom. The minimum absolute atomic E-state index is 0.891. The number of hydrogen-bond acceptors (Lipinski definition) is 4. The van der Waals surface area contributed by atoms with Crippen molar-refractivity contribution in [3.63, 3.8) is 0 Å². The van der Waals surface area contributed by atoms with Crippen LogP contribution in [-0.4, -0.2) is 54.1 Å². The van der Waals surface area contributed by atoms with Crippen molar-refractivity contribution in [3.05, 3.63) is 17.5 Å². The predicted octanol–water partition coefficient (Wildman–Crippen LogP) is 0.794. The number of morpholine rings is 1. The molecule has 1 aliphatic rings. The first-order valence-electron chi connectivity index (χ1n) is 7.32. The van der Waals surface area contributed by atoms with Gasteiger partial charge in [0.05, 0.1) is 24.6 Å². The van der Waals surface area contributed by atoms with E-state index in [2.05, 4.69) is 28.3 Å². The highest BCUT2D eigenvalue weighted by atomic mass is 16.5. The minimum atomic E-state index is 0.891. The highest BCUT2D eigenvalue weighted by molar-refractivity contribution is 5.09. The second kappa shape index (κ2) is 7.62. The van der Waals surface area contributed by atoms with Crippen LogP contribution in [0.2, 0.25) is 0 Å². The lowest BCUT2D eigenvalue weighted by Crippen LogP contribution is -2.37. The molecule has 5 nitrogen and oxygen atoms in total. The summed E-state index contributed by atoms with van der Waals surface area (Å²) in [6.07, 6.45) is 2.20. The molecule has 108 valence electrons. The van der Waals surface area contributed by atoms with Gasteiger partial charge in [-0.2, -0.15) is 5.10 Å². The normalized spacial score (nSPS) is 16.9. The van der Waals surface area contributed by atoms with Crippen molar-refractivity contribution in [2.75, 3.05) is 39.4 Å². The third-order valence-electron chi connectivity index (χ3n) is 3.63. The van der Waals surface area contributed by atoms with Gasteiger partial charge in [-0.15, -0.1) is 0 Å². The molecule has 0 unspecified atom stereocenters. The number of nitrogens with one attached hydrogen (secondary N) is 1. The van der Waals surface area contributed by atoms with Gasteiger partial charge < -0.3 is 10.1 Å². The van der Waals surface area contributed by atoms with Crippen LogP contribution in [0.5, 0.6) is 0 Å². The standard InChI is InChI=1S/C14H26N4O/c1-3-13-11-14(17(2)16-13)12-15-5-4-6-18-7-9-19-10-8-18/h11,15H,3-10,12H2,1-2H3. The third-order valence-corrected chi connectivity index (χ3v) is 3.63. The maximum atomic E-state index is 5.34. The van der Waals surface area contributed by atoms with Crippen LogP contribution in [0.1, 0.15) is 24.7 Å². The average molecular weight is 266 g/mol. The molecule has 0 saturated carbocycles. The van der Waals surface area contributed by atoms with E-state index in [-0.39, 0.29) is 0 Å². The lowest BCUT2D eigenvalue weighted by molar-refractivity contribution is 0.0374. The van der Waals surface area contributed by atoms with Crippen molar-refractivity contribution >= 4 is 0 Å². The molecule has 1 fully saturated rings. The fourth-order valence-corrected chi connectivity index (χ4v) is 2.38. The van der Waals surface area contributed by atoms with E-state index >= 15 is 0 Å². The summed E-state index contributed by atoms with van der Waals surface area (Å²) in [5.41, 5.74) is 2.44. The second-order valence-electron chi connectivity index (χ2n) is 5.09. The van der Waals surface area contributed by atoms with Gasteiger partial charge >= 0.3 is 0 Å². The monoisotopic (exact) mass is 266 g/mol. The molecule has 0 aliphatic carbocycles. The minimum Gasteiger partial charge on any atom is -0.379 e. The van der Waals surface area contributed by atoms with Gasteiger partial charge in [0.1, 0.15) is 0 Å². The molecular weight excluding hydrogens is 240 g/mol. The second-order valence-corrected chi connectivity index (χ2v) is 5.09. The zero-order chi connectivity index (χ0) is 13.5. The van der Waals surface area contributed by atoms with E-state index in [1.54, 1.807) is 0 Å². The molecule has 0 amide bonds. The Labute approximate surface area is 115 Å². The summed E-state index contributed by atoms with van der Waals surface area (Å²) in [6.45, 7) is 9.23. The van der Waals surface area contributed by atoms with Gasteiger partial charge in [-0.1, -0.05) is 6.92 Å². The number of hydrogen-bond donors (Lipinski definition) is 1. The molecule has 0 atom stereocenters. The Bertz CT molecular complexity index is 372. The van der Waals surface area contributed by atoms with Crippen LogP contribution < -0.4 is 5.32 Å². The van der Waals surface area contributed by atoms with Crippen LogP contribution in [0.25, 0.3) is 0 Å². The lowest BCUT2D eigenvalue weighted by atomic mass is 10.3. The summed E-state index contributed by atoms with van der Waals surface area (Å²) in [4.78, 5) is 2.48. The summed E-state index contributed by atoms with van der Waals surface area (Å²) in [5, 5.41) is 7.96. The van der Waals surface area contributed by atoms with Gasteiger partial charge in [-0.05, 0) is 32.0 Å². The third kappa shape index (κ3) is 4.60. The average Bonchev–Trinajstić information content (AvgIpc) is 2.80. The molecule has 2 rings (SSSR count). The Balaban J connectivity index is 1.59. The van der Waals surface area contributed by atoms with E-state index in [9.17, 15) is 0 Å². The molecule has 0 spiro atoms. The van der Waals surface area contributed by atoms with E-state index < -0.39 is 0 Å². The van der Waals surface area contributed by atoms with Gasteiger partial charge in [-0.3, -0.25) is 9.58 Å². The number of nitrogens with zero attached hydrogens (tertiary/aromatic N) is 3. The van der Waals surface area contributed by atoms with Crippen LogP contribution in [0.4, 0.5) is 0 Å². The highest BCUT2D eigenvalue weighted by Gasteiger charge is 2.09. The Kier molecular flexibility index (Phi) is 5.82. The Hall–Kier alpha value is -0.910. The molecule has 1 saturated heterocycles. The molecule has 1 aliphatic heterocycles. The highest BCUT2D eigenvalue weighted by Crippen LogP contribution is 2.03. The SMILES string of the molecule is CCc1cc(CNCCCN2CCOCC2)n(C)n1. The van der Waals surface area contributed by atoms with E-state index in [4.69, 9.17) is 4.74 Å². The molecule has 1 aromatic heterocycles. The molecule has 19 heavy (non-hydrogen) atoms. The zero-order valence-corrected chi connectivity index (χ0v) is 12.2. The molecule has 1 N–H and O–H groups in total. The van der Waals surface area contributed by atoms with Gasteiger partial charge in [0.15, 0.2) is 0 Å². The van der Waals surface area contributed by atoms with Crippen LogP contribution in [0, 0.1) is 0 Å². The molecule has 2 heterocycles. The van der Waals surface area contributed by atoms with Crippen LogP contribution in [0.15, 0.2) is 6.07 Å². The van der Waals surface area contributed by atoms with E-state index in [0.717, 1.165) is 45.8 Å². The maximum Gasteiger partial charge on any atom is 0.0625 e. The van der Waals surface area contributed by atoms with Gasteiger partial charge in [-0.25, -0.2) is 0 Å². The largest absolute Gasteiger partial charge is 0.379 e. The quantitative estimate of drug-likeness (QED) is 0.741. The molecule has 1 aromatic rings. The first-order chi connectivity index (χ1) is 9.29. The van der Waals surface area contributed by atoms with Crippen LogP contribution >= 0.6 is 0 Å². The maximum absolute atomic E-state index is 5.34. The lowest BCUT2D eigenvalue weighted by Gasteiger charge is -2.26. The van der Waals surface area contributed by atoms with Gasteiger partial charge in [0.2, 0.25) is 0 Å². The topological polar surface area (TPSA) is 42.3 Å². The fourth-order valence-electron chi connectivity index (χ4n) is 2.38. The number of aryl methyl sites for hydroxylation is 2. The van der Waals surface area contributed by atoms with Crippen molar-refractivity contribution in [2.45, 2.75) is 26.3 Å². The number of aromatic nitrogens is 2. The van der Waals surface area contributed by atoms with Crippen molar-refractivity contribution in [3.8, 4) is 0 Å². The smallest absolute Gasteiger partial charge is 0.0625 e. The van der Waals surface area contributed by atoms with Crippen molar-refractivity contribution in [1.82, 2.24) is 20.0 Å². The number of rotatable bonds is 7. The number of ether oxygens (including phenoxy) is 1. The summed E-state index contributed by atoms with van der Waals surface area (Å²) >= 11 is 0. The molecule has 0 aromatic carbocycles. The summed E-state index contributed by atoms with van der Waals surface area (Å²) in [7, 11) is 2.02. The van der Waals surface area contributed by atoms with Crippen molar-refractivity contribution < 1.29 is 4.74 Å². The summed E-state index contributed by atoms with van der Waals surface area (Å²) in [5.74, 6) is 0. The fraction of sp³-hybridized carbons (Fsp3) is 0.786. The molecule has 0 bridgehead atoms. The predicted molar refractivity (Wildman–Crippen MR) is 76.2 cm³/mol. The van der Waals surface area contributed by atoms with Crippen molar-refractivity contribution in [1.29, 1.82) is 0 Å². The first kappa shape index (κ1) is 14.5.